The molecule has 4 rings (SSSR count). The monoisotopic (exact) mass is 656 g/mol. The highest BCUT2D eigenvalue weighted by Gasteiger charge is 2.21. The minimum absolute atomic E-state index is 0.0487. The Morgan fingerprint density at radius 3 is 2.05 bits per heavy atom. The van der Waals surface area contributed by atoms with Crippen LogP contribution in [0.5, 0.6) is 23.0 Å². The van der Waals surface area contributed by atoms with Gasteiger partial charge in [0.05, 0.1) is 35.0 Å². The maximum atomic E-state index is 13.0. The van der Waals surface area contributed by atoms with E-state index in [-0.39, 0.29) is 42.8 Å². The number of nitrogens with one attached hydrogen (secondary N) is 1. The van der Waals surface area contributed by atoms with Gasteiger partial charge in [-0.15, -0.1) is 0 Å². The van der Waals surface area contributed by atoms with Crippen molar-refractivity contribution < 1.29 is 22.8 Å². The normalized spacial score (nSPS) is 11.2. The molecular formula is C25H16BrCl3N2O6S. The molecule has 4 aromatic rings. The zero-order valence-corrected chi connectivity index (χ0v) is 23.9. The predicted octanol–water partition coefficient (Wildman–Crippen LogP) is 9.01. The van der Waals surface area contributed by atoms with E-state index in [1.165, 1.54) is 12.1 Å². The number of benzene rings is 4. The summed E-state index contributed by atoms with van der Waals surface area (Å²) >= 11 is 22.0. The van der Waals surface area contributed by atoms with Gasteiger partial charge in [-0.1, -0.05) is 52.5 Å². The second kappa shape index (κ2) is 11.4. The summed E-state index contributed by atoms with van der Waals surface area (Å²) in [5.41, 5.74) is 1.13. The fourth-order valence-electron chi connectivity index (χ4n) is 3.18. The lowest BCUT2D eigenvalue weighted by molar-refractivity contribution is -0.384. The Morgan fingerprint density at radius 1 is 0.842 bits per heavy atom. The smallest absolute Gasteiger partial charge is 0.271 e. The quantitative estimate of drug-likeness (QED) is 0.150. The number of nitrogens with zero attached hydrogens (tertiary/aromatic N) is 1. The van der Waals surface area contributed by atoms with Gasteiger partial charge >= 0.3 is 0 Å². The van der Waals surface area contributed by atoms with Crippen molar-refractivity contribution in [3.63, 3.8) is 0 Å². The van der Waals surface area contributed by atoms with E-state index in [4.69, 9.17) is 44.3 Å². The highest BCUT2D eigenvalue weighted by Crippen LogP contribution is 2.41. The molecule has 13 heteroatoms. The summed E-state index contributed by atoms with van der Waals surface area (Å²) in [6.07, 6.45) is 0. The van der Waals surface area contributed by atoms with Crippen molar-refractivity contribution in [2.24, 2.45) is 0 Å². The van der Waals surface area contributed by atoms with Gasteiger partial charge in [0.2, 0.25) is 0 Å². The molecule has 1 N–H and O–H groups in total. The van der Waals surface area contributed by atoms with E-state index < -0.39 is 14.9 Å². The van der Waals surface area contributed by atoms with Gasteiger partial charge in [0.15, 0.2) is 5.75 Å². The van der Waals surface area contributed by atoms with E-state index in [9.17, 15) is 18.5 Å². The molecule has 0 fully saturated rings. The van der Waals surface area contributed by atoms with Crippen molar-refractivity contribution in [2.75, 3.05) is 4.72 Å². The number of nitro groups is 1. The predicted molar refractivity (Wildman–Crippen MR) is 151 cm³/mol. The van der Waals surface area contributed by atoms with Crippen LogP contribution < -0.4 is 14.2 Å². The molecule has 0 heterocycles. The number of aryl methyl sites for hydroxylation is 1. The van der Waals surface area contributed by atoms with E-state index >= 15 is 0 Å². The number of hydrogen-bond donors (Lipinski definition) is 1. The highest BCUT2D eigenvalue weighted by molar-refractivity contribution is 9.10. The summed E-state index contributed by atoms with van der Waals surface area (Å²) < 4.78 is 40.6. The molecule has 0 unspecified atom stereocenters. The molecule has 196 valence electrons. The molecule has 0 atom stereocenters. The molecule has 0 amide bonds. The molecule has 0 saturated carbocycles. The summed E-state index contributed by atoms with van der Waals surface area (Å²) in [5, 5.41) is 10.6. The number of sulfonamides is 1. The van der Waals surface area contributed by atoms with Gasteiger partial charge in [0.25, 0.3) is 15.7 Å². The van der Waals surface area contributed by atoms with Crippen LogP contribution in [0.4, 0.5) is 11.4 Å². The molecule has 0 bridgehead atoms. The number of non-ortho nitro benzene ring substituents is 1. The first kappa shape index (κ1) is 28.0. The first-order chi connectivity index (χ1) is 17.9. The summed E-state index contributed by atoms with van der Waals surface area (Å²) in [5.74, 6) is 1.11. The van der Waals surface area contributed by atoms with Crippen molar-refractivity contribution in [2.45, 2.75) is 11.8 Å². The van der Waals surface area contributed by atoms with Crippen molar-refractivity contribution in [3.05, 3.63) is 108 Å². The number of rotatable bonds is 8. The maximum Gasteiger partial charge on any atom is 0.271 e. The van der Waals surface area contributed by atoms with E-state index in [2.05, 4.69) is 20.7 Å². The minimum Gasteiger partial charge on any atom is -0.456 e. The molecule has 0 spiro atoms. The summed E-state index contributed by atoms with van der Waals surface area (Å²) in [6.45, 7) is 1.97. The van der Waals surface area contributed by atoms with Gasteiger partial charge in [-0.2, -0.15) is 0 Å². The largest absolute Gasteiger partial charge is 0.456 e. The fourth-order valence-corrected chi connectivity index (χ4v) is 5.65. The number of nitro benzene ring substituents is 1. The van der Waals surface area contributed by atoms with Crippen LogP contribution in [0.25, 0.3) is 0 Å². The number of anilines is 1. The maximum absolute atomic E-state index is 13.0. The van der Waals surface area contributed by atoms with E-state index in [1.807, 2.05) is 31.2 Å². The molecular weight excluding hydrogens is 643 g/mol. The molecule has 8 nitrogen and oxygen atoms in total. The molecule has 0 aliphatic heterocycles. The molecule has 0 aromatic heterocycles. The molecule has 0 aliphatic carbocycles. The van der Waals surface area contributed by atoms with Gasteiger partial charge < -0.3 is 9.47 Å². The van der Waals surface area contributed by atoms with Crippen LogP contribution in [0.1, 0.15) is 5.56 Å². The zero-order chi connectivity index (χ0) is 27.6. The van der Waals surface area contributed by atoms with Crippen molar-refractivity contribution in [1.29, 1.82) is 0 Å². The summed E-state index contributed by atoms with van der Waals surface area (Å²) in [6, 6.07) is 18.1. The van der Waals surface area contributed by atoms with E-state index in [0.717, 1.165) is 23.8 Å². The van der Waals surface area contributed by atoms with Crippen LogP contribution in [-0.4, -0.2) is 13.3 Å². The second-order valence-electron chi connectivity index (χ2n) is 7.86. The Kier molecular flexibility index (Phi) is 8.39. The molecule has 4 aromatic carbocycles. The van der Waals surface area contributed by atoms with Gasteiger partial charge in [-0.05, 0) is 71.4 Å². The molecule has 0 aliphatic rings. The zero-order valence-electron chi connectivity index (χ0n) is 19.2. The SMILES string of the molecule is Cc1ccc(Oc2ccc(NS(=O)(=O)c3cc(Cl)c(Oc4ccc([N+](=O)[O-])cc4Cl)c(Cl)c3)cc2Br)cc1. The average Bonchev–Trinajstić information content (AvgIpc) is 2.84. The fraction of sp³-hybridized carbons (Fsp3) is 0.0400. The topological polar surface area (TPSA) is 108 Å². The Bertz CT molecular complexity index is 1630. The summed E-state index contributed by atoms with van der Waals surface area (Å²) in [4.78, 5) is 10.1. The van der Waals surface area contributed by atoms with Gasteiger partial charge in [0.1, 0.15) is 17.2 Å². The Hall–Kier alpha value is -3.02. The van der Waals surface area contributed by atoms with Crippen molar-refractivity contribution >= 4 is 72.1 Å². The average molecular weight is 659 g/mol. The van der Waals surface area contributed by atoms with E-state index in [0.29, 0.717) is 16.0 Å². The third kappa shape index (κ3) is 6.51. The van der Waals surface area contributed by atoms with Crippen LogP contribution in [-0.2, 0) is 10.0 Å². The van der Waals surface area contributed by atoms with Gasteiger partial charge in [-0.3, -0.25) is 14.8 Å². The third-order valence-electron chi connectivity index (χ3n) is 5.05. The molecule has 0 radical (unpaired) electrons. The van der Waals surface area contributed by atoms with Crippen molar-refractivity contribution in [1.82, 2.24) is 0 Å². The van der Waals surface area contributed by atoms with Gasteiger partial charge in [-0.25, -0.2) is 8.42 Å². The Morgan fingerprint density at radius 2 is 1.47 bits per heavy atom. The number of ether oxygens (including phenoxy) is 2. The third-order valence-corrected chi connectivity index (χ3v) is 7.89. The minimum atomic E-state index is -4.10. The number of halogens is 4. The highest BCUT2D eigenvalue weighted by atomic mass is 79.9. The Balaban J connectivity index is 1.53. The molecule has 0 saturated heterocycles. The van der Waals surface area contributed by atoms with Crippen molar-refractivity contribution in [3.8, 4) is 23.0 Å². The van der Waals surface area contributed by atoms with Crippen LogP contribution >= 0.6 is 50.7 Å². The van der Waals surface area contributed by atoms with Gasteiger partial charge in [0, 0.05) is 12.1 Å². The first-order valence-corrected chi connectivity index (χ1v) is 14.0. The van der Waals surface area contributed by atoms with Crippen LogP contribution in [0.3, 0.4) is 0 Å². The standard InChI is InChI=1S/C25H16BrCl3N2O6S/c1-14-2-6-17(7-3-14)36-23-8-4-15(10-19(23)26)30-38(34,35)18-12-21(28)25(22(29)13-18)37-24-9-5-16(31(32)33)11-20(24)27/h2-13,30H,1H3. The second-order valence-corrected chi connectivity index (χ2v) is 11.6. The van der Waals surface area contributed by atoms with Crippen LogP contribution in [0, 0.1) is 17.0 Å². The lowest BCUT2D eigenvalue weighted by atomic mass is 10.2. The first-order valence-electron chi connectivity index (χ1n) is 10.6. The Labute approximate surface area is 241 Å². The van der Waals surface area contributed by atoms with Crippen LogP contribution in [0.2, 0.25) is 15.1 Å². The van der Waals surface area contributed by atoms with Crippen LogP contribution in [0.15, 0.2) is 82.2 Å². The van der Waals surface area contributed by atoms with E-state index in [1.54, 1.807) is 18.2 Å². The lowest BCUT2D eigenvalue weighted by Gasteiger charge is -2.14. The summed E-state index contributed by atoms with van der Waals surface area (Å²) in [7, 11) is -4.10. The lowest BCUT2D eigenvalue weighted by Crippen LogP contribution is -2.13. The number of hydrogen-bond acceptors (Lipinski definition) is 6. The molecule has 38 heavy (non-hydrogen) atoms.